The lowest BCUT2D eigenvalue weighted by Gasteiger charge is -2.21. The Morgan fingerprint density at radius 1 is 1.55 bits per heavy atom. The molecule has 1 aliphatic heterocycles. The number of rotatable bonds is 1. The minimum atomic E-state index is -0.156. The number of thioether (sulfide) groups is 1. The zero-order chi connectivity index (χ0) is 8.10. The molecular formula is C7H13NO2S. The molecule has 1 aliphatic rings. The van der Waals surface area contributed by atoms with Crippen LogP contribution in [0.3, 0.4) is 0 Å². The van der Waals surface area contributed by atoms with Gasteiger partial charge in [-0.2, -0.15) is 0 Å². The van der Waals surface area contributed by atoms with Gasteiger partial charge >= 0.3 is 5.30 Å². The summed E-state index contributed by atoms with van der Waals surface area (Å²) in [6.07, 6.45) is 3.79. The fraction of sp³-hybridized carbons (Fsp3) is 0.857. The fourth-order valence-electron chi connectivity index (χ4n) is 1.10. The molecule has 0 saturated carbocycles. The highest BCUT2D eigenvalue weighted by Crippen LogP contribution is 2.11. The topological polar surface area (TPSA) is 38.3 Å². The van der Waals surface area contributed by atoms with Crippen molar-refractivity contribution in [1.82, 2.24) is 5.32 Å². The lowest BCUT2D eigenvalue weighted by Crippen LogP contribution is -2.33. The predicted molar refractivity (Wildman–Crippen MR) is 45.9 cm³/mol. The van der Waals surface area contributed by atoms with E-state index in [0.717, 1.165) is 37.7 Å². The zero-order valence-electron chi connectivity index (χ0n) is 6.63. The fourth-order valence-corrected chi connectivity index (χ4v) is 1.33. The van der Waals surface area contributed by atoms with E-state index in [1.807, 2.05) is 0 Å². The largest absolute Gasteiger partial charge is 0.454 e. The van der Waals surface area contributed by atoms with Gasteiger partial charge in [-0.25, -0.2) is 4.79 Å². The second-order valence-corrected chi connectivity index (χ2v) is 3.26. The Morgan fingerprint density at radius 3 is 2.73 bits per heavy atom. The molecule has 3 nitrogen and oxygen atoms in total. The molecule has 0 unspecified atom stereocenters. The smallest absolute Gasteiger partial charge is 0.367 e. The summed E-state index contributed by atoms with van der Waals surface area (Å²) in [7, 11) is 0. The molecule has 11 heavy (non-hydrogen) atoms. The SMILES string of the molecule is CSC(=O)OC1CCNCC1. The molecule has 0 aromatic rings. The number of ether oxygens (including phenoxy) is 1. The van der Waals surface area contributed by atoms with Gasteiger partial charge in [0.05, 0.1) is 0 Å². The monoisotopic (exact) mass is 175 g/mol. The van der Waals surface area contributed by atoms with Gasteiger partial charge in [-0.3, -0.25) is 0 Å². The Balaban J connectivity index is 2.19. The number of piperidine rings is 1. The Labute approximate surface area is 70.9 Å². The van der Waals surface area contributed by atoms with Gasteiger partial charge in [-0.05, 0) is 43.9 Å². The molecule has 1 N–H and O–H groups in total. The van der Waals surface area contributed by atoms with Crippen LogP contribution >= 0.6 is 11.8 Å². The second-order valence-electron chi connectivity index (χ2n) is 2.52. The first kappa shape index (κ1) is 8.87. The van der Waals surface area contributed by atoms with Crippen molar-refractivity contribution in [3.63, 3.8) is 0 Å². The van der Waals surface area contributed by atoms with Crippen molar-refractivity contribution in [2.24, 2.45) is 0 Å². The molecule has 0 radical (unpaired) electrons. The van der Waals surface area contributed by atoms with E-state index in [1.165, 1.54) is 0 Å². The summed E-state index contributed by atoms with van der Waals surface area (Å²) < 4.78 is 5.12. The summed E-state index contributed by atoms with van der Waals surface area (Å²) in [5, 5.41) is 3.05. The molecule has 0 atom stereocenters. The van der Waals surface area contributed by atoms with Crippen molar-refractivity contribution in [2.45, 2.75) is 18.9 Å². The summed E-state index contributed by atoms with van der Waals surface area (Å²) in [5.41, 5.74) is 0. The first-order valence-electron chi connectivity index (χ1n) is 3.78. The first-order chi connectivity index (χ1) is 5.33. The van der Waals surface area contributed by atoms with Gasteiger partial charge < -0.3 is 10.1 Å². The first-order valence-corrected chi connectivity index (χ1v) is 5.00. The molecular weight excluding hydrogens is 162 g/mol. The standard InChI is InChI=1S/C7H13NO2S/c1-11-7(9)10-6-2-4-8-5-3-6/h6,8H,2-5H2,1H3. The Hall–Kier alpha value is -0.220. The molecule has 1 rings (SSSR count). The van der Waals surface area contributed by atoms with E-state index in [-0.39, 0.29) is 11.4 Å². The summed E-state index contributed by atoms with van der Waals surface area (Å²) in [4.78, 5) is 10.8. The molecule has 0 spiro atoms. The minimum Gasteiger partial charge on any atom is -0.454 e. The van der Waals surface area contributed by atoms with Gasteiger partial charge in [-0.1, -0.05) is 0 Å². The number of carbonyl (C=O) groups excluding carboxylic acids is 1. The number of hydrogen-bond donors (Lipinski definition) is 1. The molecule has 1 saturated heterocycles. The molecule has 64 valence electrons. The van der Waals surface area contributed by atoms with Gasteiger partial charge in [0, 0.05) is 0 Å². The van der Waals surface area contributed by atoms with Crippen LogP contribution in [0, 0.1) is 0 Å². The van der Waals surface area contributed by atoms with E-state index >= 15 is 0 Å². The van der Waals surface area contributed by atoms with Crippen molar-refractivity contribution >= 4 is 17.1 Å². The Bertz CT molecular complexity index is 134. The van der Waals surface area contributed by atoms with Gasteiger partial charge in [0.15, 0.2) is 0 Å². The van der Waals surface area contributed by atoms with Crippen LogP contribution in [0.15, 0.2) is 0 Å². The van der Waals surface area contributed by atoms with E-state index in [4.69, 9.17) is 4.74 Å². The van der Waals surface area contributed by atoms with E-state index in [2.05, 4.69) is 5.32 Å². The molecule has 4 heteroatoms. The predicted octanol–water partition coefficient (Wildman–Crippen LogP) is 1.24. The normalized spacial score (nSPS) is 19.7. The van der Waals surface area contributed by atoms with Crippen LogP contribution in [0.5, 0.6) is 0 Å². The maximum Gasteiger partial charge on any atom is 0.367 e. The van der Waals surface area contributed by atoms with Gasteiger partial charge in [0.25, 0.3) is 0 Å². The third kappa shape index (κ3) is 3.12. The molecule has 0 aromatic heterocycles. The van der Waals surface area contributed by atoms with Crippen LogP contribution in [-0.2, 0) is 4.74 Å². The highest BCUT2D eigenvalue weighted by atomic mass is 32.2. The zero-order valence-corrected chi connectivity index (χ0v) is 7.45. The van der Waals surface area contributed by atoms with Crippen LogP contribution in [-0.4, -0.2) is 30.8 Å². The van der Waals surface area contributed by atoms with E-state index in [0.29, 0.717) is 0 Å². The Morgan fingerprint density at radius 2 is 2.18 bits per heavy atom. The average Bonchev–Trinajstić information content (AvgIpc) is 2.06. The highest BCUT2D eigenvalue weighted by molar-refractivity contribution is 8.12. The van der Waals surface area contributed by atoms with E-state index in [9.17, 15) is 4.79 Å². The molecule has 1 fully saturated rings. The van der Waals surface area contributed by atoms with Crippen LogP contribution in [0.2, 0.25) is 0 Å². The highest BCUT2D eigenvalue weighted by Gasteiger charge is 2.16. The number of hydrogen-bond acceptors (Lipinski definition) is 4. The quantitative estimate of drug-likeness (QED) is 0.608. The Kier molecular flexibility index (Phi) is 3.72. The summed E-state index contributed by atoms with van der Waals surface area (Å²) >= 11 is 1.14. The van der Waals surface area contributed by atoms with Crippen molar-refractivity contribution in [3.05, 3.63) is 0 Å². The molecule has 0 aliphatic carbocycles. The lowest BCUT2D eigenvalue weighted by atomic mass is 10.1. The molecule has 0 amide bonds. The summed E-state index contributed by atoms with van der Waals surface area (Å²) in [5.74, 6) is 0. The number of carbonyl (C=O) groups is 1. The lowest BCUT2D eigenvalue weighted by molar-refractivity contribution is 0.101. The van der Waals surface area contributed by atoms with Crippen LogP contribution in [0.1, 0.15) is 12.8 Å². The number of nitrogens with one attached hydrogen (secondary N) is 1. The summed E-state index contributed by atoms with van der Waals surface area (Å²) in [6.45, 7) is 1.93. The van der Waals surface area contributed by atoms with Gasteiger partial charge in [0.1, 0.15) is 6.10 Å². The minimum absolute atomic E-state index is 0.149. The van der Waals surface area contributed by atoms with Crippen molar-refractivity contribution < 1.29 is 9.53 Å². The van der Waals surface area contributed by atoms with Crippen molar-refractivity contribution in [3.8, 4) is 0 Å². The van der Waals surface area contributed by atoms with Crippen molar-refractivity contribution in [1.29, 1.82) is 0 Å². The average molecular weight is 175 g/mol. The maximum atomic E-state index is 10.8. The second kappa shape index (κ2) is 4.62. The molecule has 0 bridgehead atoms. The molecule has 1 heterocycles. The molecule has 0 aromatic carbocycles. The third-order valence-corrected chi connectivity index (χ3v) is 2.15. The van der Waals surface area contributed by atoms with Crippen LogP contribution < -0.4 is 5.32 Å². The van der Waals surface area contributed by atoms with Crippen LogP contribution in [0.4, 0.5) is 4.79 Å². The summed E-state index contributed by atoms with van der Waals surface area (Å²) in [6, 6.07) is 0. The maximum absolute atomic E-state index is 10.8. The van der Waals surface area contributed by atoms with Crippen molar-refractivity contribution in [2.75, 3.05) is 19.3 Å². The van der Waals surface area contributed by atoms with E-state index in [1.54, 1.807) is 6.26 Å². The van der Waals surface area contributed by atoms with Gasteiger partial charge in [-0.15, -0.1) is 0 Å². The third-order valence-electron chi connectivity index (χ3n) is 1.72. The van der Waals surface area contributed by atoms with E-state index < -0.39 is 0 Å². The van der Waals surface area contributed by atoms with Gasteiger partial charge in [0.2, 0.25) is 0 Å². The van der Waals surface area contributed by atoms with Crippen LogP contribution in [0.25, 0.3) is 0 Å².